The Bertz CT molecular complexity index is 687. The zero-order valence-corrected chi connectivity index (χ0v) is 15.0. The van der Waals surface area contributed by atoms with Crippen molar-refractivity contribution in [3.05, 3.63) is 65.7 Å². The van der Waals surface area contributed by atoms with Gasteiger partial charge < -0.3 is 9.64 Å². The summed E-state index contributed by atoms with van der Waals surface area (Å²) in [6.07, 6.45) is 0. The maximum absolute atomic E-state index is 12.4. The average molecular weight is 341 g/mol. The highest BCUT2D eigenvalue weighted by Crippen LogP contribution is 2.39. The van der Waals surface area contributed by atoms with E-state index in [0.717, 1.165) is 29.2 Å². The van der Waals surface area contributed by atoms with Crippen LogP contribution in [0.5, 0.6) is 5.75 Å². The number of hydrogen-bond donors (Lipinski definition) is 0. The first-order valence-corrected chi connectivity index (χ1v) is 9.39. The average Bonchev–Trinajstić information content (AvgIpc) is 3.10. The van der Waals surface area contributed by atoms with Gasteiger partial charge in [-0.25, -0.2) is 0 Å². The van der Waals surface area contributed by atoms with E-state index in [-0.39, 0.29) is 17.2 Å². The van der Waals surface area contributed by atoms with Crippen LogP contribution in [0.1, 0.15) is 30.3 Å². The number of amides is 1. The lowest BCUT2D eigenvalue weighted by atomic mass is 10.1. The van der Waals surface area contributed by atoms with Crippen molar-refractivity contribution in [3.8, 4) is 5.75 Å². The number of ether oxygens (including phenoxy) is 1. The van der Waals surface area contributed by atoms with Crippen molar-refractivity contribution in [1.82, 2.24) is 4.90 Å². The molecule has 4 heteroatoms. The van der Waals surface area contributed by atoms with E-state index in [2.05, 4.69) is 24.3 Å². The second kappa shape index (κ2) is 7.75. The van der Waals surface area contributed by atoms with Gasteiger partial charge >= 0.3 is 0 Å². The fourth-order valence-corrected chi connectivity index (χ4v) is 4.06. The molecule has 3 rings (SSSR count). The molecule has 0 radical (unpaired) electrons. The molecule has 0 aliphatic carbocycles. The number of carbonyl (C=O) groups is 1. The van der Waals surface area contributed by atoms with Gasteiger partial charge in [-0.15, -0.1) is 11.8 Å². The lowest BCUT2D eigenvalue weighted by Gasteiger charge is -2.26. The minimum atomic E-state index is 0.0312. The zero-order chi connectivity index (χ0) is 16.9. The third kappa shape index (κ3) is 3.93. The number of hydrogen-bond acceptors (Lipinski definition) is 3. The van der Waals surface area contributed by atoms with Gasteiger partial charge in [0.1, 0.15) is 17.7 Å². The van der Waals surface area contributed by atoms with Crippen LogP contribution in [0.15, 0.2) is 54.6 Å². The molecular formula is C20H23NO2S. The number of carbonyl (C=O) groups excluding carboxylic acids is 1. The second-order valence-corrected chi connectivity index (χ2v) is 7.44. The van der Waals surface area contributed by atoms with Crippen LogP contribution in [0, 0.1) is 5.92 Å². The minimum Gasteiger partial charge on any atom is -0.489 e. The van der Waals surface area contributed by atoms with E-state index in [1.165, 1.54) is 0 Å². The molecule has 24 heavy (non-hydrogen) atoms. The Balaban J connectivity index is 1.71. The van der Waals surface area contributed by atoms with Gasteiger partial charge in [-0.1, -0.05) is 56.3 Å². The molecule has 1 fully saturated rings. The lowest BCUT2D eigenvalue weighted by Crippen LogP contribution is -2.33. The summed E-state index contributed by atoms with van der Waals surface area (Å²) in [6, 6.07) is 18.3. The molecule has 1 saturated heterocycles. The Morgan fingerprint density at radius 1 is 1.21 bits per heavy atom. The predicted molar refractivity (Wildman–Crippen MR) is 99.0 cm³/mol. The molecule has 1 atom stereocenters. The van der Waals surface area contributed by atoms with Crippen LogP contribution < -0.4 is 4.74 Å². The predicted octanol–water partition coefficient (Wildman–Crippen LogP) is 4.50. The largest absolute Gasteiger partial charge is 0.489 e. The minimum absolute atomic E-state index is 0.0312. The fourth-order valence-electron chi connectivity index (χ4n) is 2.80. The van der Waals surface area contributed by atoms with E-state index in [0.29, 0.717) is 6.61 Å². The van der Waals surface area contributed by atoms with Gasteiger partial charge in [0.15, 0.2) is 0 Å². The lowest BCUT2D eigenvalue weighted by molar-refractivity contribution is -0.134. The molecule has 2 aromatic rings. The second-order valence-electron chi connectivity index (χ2n) is 6.26. The summed E-state index contributed by atoms with van der Waals surface area (Å²) >= 11 is 1.82. The van der Waals surface area contributed by atoms with Crippen LogP contribution in [0.2, 0.25) is 0 Å². The van der Waals surface area contributed by atoms with E-state index >= 15 is 0 Å². The van der Waals surface area contributed by atoms with Gasteiger partial charge in [-0.3, -0.25) is 4.79 Å². The van der Waals surface area contributed by atoms with Crippen molar-refractivity contribution >= 4 is 17.7 Å². The molecule has 3 nitrogen and oxygen atoms in total. The Hall–Kier alpha value is -1.94. The van der Waals surface area contributed by atoms with Crippen LogP contribution in [0.4, 0.5) is 0 Å². The van der Waals surface area contributed by atoms with Gasteiger partial charge in [0, 0.05) is 18.2 Å². The fraction of sp³-hybridized carbons (Fsp3) is 0.350. The Morgan fingerprint density at radius 3 is 2.75 bits per heavy atom. The SMILES string of the molecule is CC(C)C(=O)N1CCSC1c1cccc(OCc2ccccc2)c1. The first kappa shape index (κ1) is 16.9. The summed E-state index contributed by atoms with van der Waals surface area (Å²) in [6.45, 7) is 5.29. The van der Waals surface area contributed by atoms with Gasteiger partial charge in [0.25, 0.3) is 0 Å². The van der Waals surface area contributed by atoms with Crippen molar-refractivity contribution in [2.45, 2.75) is 25.8 Å². The molecule has 1 heterocycles. The summed E-state index contributed by atoms with van der Waals surface area (Å²) in [5.74, 6) is 2.09. The van der Waals surface area contributed by atoms with Crippen LogP contribution in [-0.2, 0) is 11.4 Å². The third-order valence-electron chi connectivity index (χ3n) is 4.06. The molecule has 0 N–H and O–H groups in total. The third-order valence-corrected chi connectivity index (χ3v) is 5.32. The first-order chi connectivity index (χ1) is 11.6. The van der Waals surface area contributed by atoms with Gasteiger partial charge in [-0.05, 0) is 23.3 Å². The summed E-state index contributed by atoms with van der Waals surface area (Å²) in [7, 11) is 0. The van der Waals surface area contributed by atoms with Gasteiger partial charge in [0.2, 0.25) is 5.91 Å². The molecule has 1 aliphatic rings. The molecule has 2 aromatic carbocycles. The molecule has 0 spiro atoms. The molecule has 1 amide bonds. The maximum atomic E-state index is 12.4. The summed E-state index contributed by atoms with van der Waals surface area (Å²) in [5, 5.41) is 0.0974. The molecule has 0 bridgehead atoms. The van der Waals surface area contributed by atoms with Crippen molar-refractivity contribution < 1.29 is 9.53 Å². The van der Waals surface area contributed by atoms with Crippen LogP contribution in [-0.4, -0.2) is 23.1 Å². The van der Waals surface area contributed by atoms with Crippen molar-refractivity contribution in [3.63, 3.8) is 0 Å². The molecule has 126 valence electrons. The number of rotatable bonds is 5. The van der Waals surface area contributed by atoms with E-state index in [9.17, 15) is 4.79 Å². The Kier molecular flexibility index (Phi) is 5.46. The normalized spacial score (nSPS) is 17.3. The number of benzene rings is 2. The summed E-state index contributed by atoms with van der Waals surface area (Å²) in [5.41, 5.74) is 2.28. The zero-order valence-electron chi connectivity index (χ0n) is 14.1. The number of nitrogens with zero attached hydrogens (tertiary/aromatic N) is 1. The molecule has 1 aliphatic heterocycles. The highest BCUT2D eigenvalue weighted by Gasteiger charge is 2.31. The van der Waals surface area contributed by atoms with E-state index in [4.69, 9.17) is 4.74 Å². The quantitative estimate of drug-likeness (QED) is 0.802. The first-order valence-electron chi connectivity index (χ1n) is 8.34. The van der Waals surface area contributed by atoms with E-state index in [1.54, 1.807) is 0 Å². The van der Waals surface area contributed by atoms with Gasteiger partial charge in [0.05, 0.1) is 0 Å². The molecule has 0 saturated carbocycles. The van der Waals surface area contributed by atoms with Crippen molar-refractivity contribution in [2.75, 3.05) is 12.3 Å². The molecule has 1 unspecified atom stereocenters. The van der Waals surface area contributed by atoms with Crippen LogP contribution in [0.3, 0.4) is 0 Å². The smallest absolute Gasteiger partial charge is 0.226 e. The summed E-state index contributed by atoms with van der Waals surface area (Å²) < 4.78 is 5.92. The standard InChI is InChI=1S/C20H23NO2S/c1-15(2)19(22)21-11-12-24-20(21)17-9-6-10-18(13-17)23-14-16-7-4-3-5-8-16/h3-10,13,15,20H,11-12,14H2,1-2H3. The van der Waals surface area contributed by atoms with Crippen molar-refractivity contribution in [2.24, 2.45) is 5.92 Å². The Labute approximate surface area is 148 Å². The molecule has 0 aromatic heterocycles. The highest BCUT2D eigenvalue weighted by atomic mass is 32.2. The maximum Gasteiger partial charge on any atom is 0.226 e. The monoisotopic (exact) mass is 341 g/mol. The topological polar surface area (TPSA) is 29.5 Å². The Morgan fingerprint density at radius 2 is 2.00 bits per heavy atom. The highest BCUT2D eigenvalue weighted by molar-refractivity contribution is 7.99. The van der Waals surface area contributed by atoms with E-state index < -0.39 is 0 Å². The van der Waals surface area contributed by atoms with Crippen LogP contribution >= 0.6 is 11.8 Å². The number of thioether (sulfide) groups is 1. The van der Waals surface area contributed by atoms with Crippen molar-refractivity contribution in [1.29, 1.82) is 0 Å². The summed E-state index contributed by atoms with van der Waals surface area (Å²) in [4.78, 5) is 14.4. The van der Waals surface area contributed by atoms with Crippen LogP contribution in [0.25, 0.3) is 0 Å². The molecular weight excluding hydrogens is 318 g/mol. The van der Waals surface area contributed by atoms with E-state index in [1.807, 2.05) is 60.8 Å². The van der Waals surface area contributed by atoms with Gasteiger partial charge in [-0.2, -0.15) is 0 Å².